The fraction of sp³-hybridized carbons (Fsp3) is 0.842. The van der Waals surface area contributed by atoms with Gasteiger partial charge in [-0.2, -0.15) is 0 Å². The quantitative estimate of drug-likeness (QED) is 0.346. The molecule has 154 valence electrons. The third-order valence-corrected chi connectivity index (χ3v) is 3.41. The predicted molar refractivity (Wildman–Crippen MR) is 103 cm³/mol. The first-order valence-electron chi connectivity index (χ1n) is 9.28. The van der Waals surface area contributed by atoms with Gasteiger partial charge in [0.1, 0.15) is 11.9 Å². The third-order valence-electron chi connectivity index (χ3n) is 3.41. The molecule has 26 heavy (non-hydrogen) atoms. The molecule has 0 aromatic carbocycles. The van der Waals surface area contributed by atoms with Gasteiger partial charge in [0.2, 0.25) is 0 Å². The minimum absolute atomic E-state index is 0.0958. The van der Waals surface area contributed by atoms with E-state index in [0.29, 0.717) is 18.7 Å². The number of esters is 1. The second kappa shape index (κ2) is 15.6. The molecule has 0 radical (unpaired) electrons. The predicted octanol–water partition coefficient (Wildman–Crippen LogP) is 3.21. The van der Waals surface area contributed by atoms with E-state index in [9.17, 15) is 14.4 Å². The standard InChI is InChI=1S/C11H23NO2.C8H15NO3/c1-4-7-10(12-2)8-5-6-9-11(13)14-3;1-6(5-10)9-7(11)12-8(2,3)4/h10,12H,4-9H2,1-3H3;5-6H,1-4H3,(H,9,11). The van der Waals surface area contributed by atoms with Crippen LogP contribution in [0.5, 0.6) is 0 Å². The number of ether oxygens (including phenoxy) is 2. The molecule has 1 amide bonds. The molecule has 0 fully saturated rings. The Labute approximate surface area is 158 Å². The summed E-state index contributed by atoms with van der Waals surface area (Å²) in [6.45, 7) is 9.06. The van der Waals surface area contributed by atoms with E-state index in [1.165, 1.54) is 20.0 Å². The summed E-state index contributed by atoms with van der Waals surface area (Å²) in [6.07, 6.45) is 6.25. The zero-order valence-corrected chi connectivity index (χ0v) is 17.5. The van der Waals surface area contributed by atoms with Crippen LogP contribution in [-0.2, 0) is 19.1 Å². The van der Waals surface area contributed by atoms with Gasteiger partial charge in [-0.1, -0.05) is 19.8 Å². The van der Waals surface area contributed by atoms with Crippen LogP contribution < -0.4 is 10.6 Å². The highest BCUT2D eigenvalue weighted by atomic mass is 16.6. The number of alkyl carbamates (subject to hydrolysis) is 1. The van der Waals surface area contributed by atoms with E-state index >= 15 is 0 Å². The second-order valence-electron chi connectivity index (χ2n) is 7.17. The molecule has 0 saturated carbocycles. The monoisotopic (exact) mass is 374 g/mol. The van der Waals surface area contributed by atoms with Gasteiger partial charge in [0.15, 0.2) is 0 Å². The van der Waals surface area contributed by atoms with Gasteiger partial charge in [0, 0.05) is 12.5 Å². The molecule has 2 unspecified atom stereocenters. The molecule has 2 N–H and O–H groups in total. The summed E-state index contributed by atoms with van der Waals surface area (Å²) in [5.41, 5.74) is -0.521. The van der Waals surface area contributed by atoms with Crippen LogP contribution in [0.15, 0.2) is 0 Å². The van der Waals surface area contributed by atoms with E-state index < -0.39 is 17.7 Å². The van der Waals surface area contributed by atoms with Gasteiger partial charge in [-0.25, -0.2) is 4.79 Å². The first-order chi connectivity index (χ1) is 12.1. The van der Waals surface area contributed by atoms with Crippen molar-refractivity contribution in [3.8, 4) is 0 Å². The molecular weight excluding hydrogens is 336 g/mol. The molecule has 0 aromatic rings. The molecule has 0 bridgehead atoms. The number of carbonyl (C=O) groups is 3. The molecule has 2 atom stereocenters. The summed E-state index contributed by atoms with van der Waals surface area (Å²) in [7, 11) is 3.44. The average Bonchev–Trinajstić information content (AvgIpc) is 2.55. The summed E-state index contributed by atoms with van der Waals surface area (Å²) >= 11 is 0. The van der Waals surface area contributed by atoms with Crippen LogP contribution in [0.3, 0.4) is 0 Å². The number of methoxy groups -OCH3 is 1. The average molecular weight is 375 g/mol. The Morgan fingerprint density at radius 1 is 1.15 bits per heavy atom. The molecule has 0 aliphatic carbocycles. The van der Waals surface area contributed by atoms with Crippen molar-refractivity contribution in [3.63, 3.8) is 0 Å². The van der Waals surface area contributed by atoms with Gasteiger partial charge in [-0.15, -0.1) is 0 Å². The molecule has 0 spiro atoms. The van der Waals surface area contributed by atoms with Crippen LogP contribution in [0, 0.1) is 0 Å². The van der Waals surface area contributed by atoms with Crippen LogP contribution in [0.2, 0.25) is 0 Å². The molecule has 7 heteroatoms. The largest absolute Gasteiger partial charge is 0.469 e. The number of hydrogen-bond acceptors (Lipinski definition) is 6. The highest BCUT2D eigenvalue weighted by molar-refractivity contribution is 5.73. The lowest BCUT2D eigenvalue weighted by Crippen LogP contribution is -2.38. The Hall–Kier alpha value is -1.63. The minimum atomic E-state index is -0.568. The van der Waals surface area contributed by atoms with Crippen molar-refractivity contribution in [2.75, 3.05) is 14.2 Å². The van der Waals surface area contributed by atoms with Crippen molar-refractivity contribution >= 4 is 18.3 Å². The van der Waals surface area contributed by atoms with E-state index in [0.717, 1.165) is 19.3 Å². The number of rotatable bonds is 10. The van der Waals surface area contributed by atoms with Crippen LogP contribution in [0.25, 0.3) is 0 Å². The molecular formula is C19H38N2O5. The van der Waals surface area contributed by atoms with E-state index in [-0.39, 0.29) is 5.97 Å². The maximum Gasteiger partial charge on any atom is 0.408 e. The second-order valence-corrected chi connectivity index (χ2v) is 7.17. The van der Waals surface area contributed by atoms with E-state index in [4.69, 9.17) is 4.74 Å². The molecule has 0 aliphatic rings. The Bertz CT molecular complexity index is 394. The lowest BCUT2D eigenvalue weighted by molar-refractivity contribution is -0.140. The van der Waals surface area contributed by atoms with Crippen molar-refractivity contribution in [2.24, 2.45) is 0 Å². The number of unbranched alkanes of at least 4 members (excludes halogenated alkanes) is 1. The van der Waals surface area contributed by atoms with Crippen molar-refractivity contribution in [3.05, 3.63) is 0 Å². The van der Waals surface area contributed by atoms with Gasteiger partial charge in [-0.05, 0) is 54.0 Å². The minimum Gasteiger partial charge on any atom is -0.469 e. The van der Waals surface area contributed by atoms with Crippen molar-refractivity contribution in [2.45, 2.75) is 90.8 Å². The van der Waals surface area contributed by atoms with E-state index in [1.54, 1.807) is 27.7 Å². The van der Waals surface area contributed by atoms with Gasteiger partial charge >= 0.3 is 12.1 Å². The van der Waals surface area contributed by atoms with Crippen LogP contribution >= 0.6 is 0 Å². The van der Waals surface area contributed by atoms with Crippen molar-refractivity contribution in [1.29, 1.82) is 0 Å². The maximum absolute atomic E-state index is 10.9. The SMILES string of the molecule is CC(C=O)NC(=O)OC(C)(C)C.CCCC(CCCCC(=O)OC)NC. The number of nitrogens with one attached hydrogen (secondary N) is 2. The topological polar surface area (TPSA) is 93.7 Å². The summed E-state index contributed by atoms with van der Waals surface area (Å²) in [5, 5.41) is 5.65. The Kier molecular flexibility index (Phi) is 16.0. The molecule has 0 rings (SSSR count). The molecule has 0 saturated heterocycles. The normalized spacial score (nSPS) is 12.9. The fourth-order valence-electron chi connectivity index (χ4n) is 2.07. The molecule has 0 aliphatic heterocycles. The highest BCUT2D eigenvalue weighted by Gasteiger charge is 2.16. The highest BCUT2D eigenvalue weighted by Crippen LogP contribution is 2.08. The number of aldehydes is 1. The zero-order chi connectivity index (χ0) is 20.6. The first kappa shape index (κ1) is 26.6. The number of hydrogen-bond donors (Lipinski definition) is 2. The van der Waals surface area contributed by atoms with Gasteiger partial charge < -0.3 is 24.9 Å². The summed E-state index contributed by atoms with van der Waals surface area (Å²) in [5.74, 6) is -0.0958. The first-order valence-corrected chi connectivity index (χ1v) is 9.28. The van der Waals surface area contributed by atoms with Gasteiger partial charge in [0.05, 0.1) is 13.2 Å². The fourth-order valence-corrected chi connectivity index (χ4v) is 2.07. The third kappa shape index (κ3) is 18.7. The van der Waals surface area contributed by atoms with Gasteiger partial charge in [0.25, 0.3) is 0 Å². The van der Waals surface area contributed by atoms with Gasteiger partial charge in [-0.3, -0.25) is 4.79 Å². The summed E-state index contributed by atoms with van der Waals surface area (Å²) in [6, 6.07) is 0.109. The summed E-state index contributed by atoms with van der Waals surface area (Å²) in [4.78, 5) is 31.9. The number of carbonyl (C=O) groups excluding carboxylic acids is 3. The van der Waals surface area contributed by atoms with Crippen LogP contribution in [-0.4, -0.2) is 50.2 Å². The Morgan fingerprint density at radius 2 is 1.77 bits per heavy atom. The van der Waals surface area contributed by atoms with Crippen molar-refractivity contribution < 1.29 is 23.9 Å². The molecule has 7 nitrogen and oxygen atoms in total. The Balaban J connectivity index is 0. The maximum atomic E-state index is 10.9. The molecule has 0 heterocycles. The summed E-state index contributed by atoms with van der Waals surface area (Å²) < 4.78 is 9.48. The van der Waals surface area contributed by atoms with E-state index in [2.05, 4.69) is 22.3 Å². The molecule has 0 aromatic heterocycles. The number of amides is 1. The smallest absolute Gasteiger partial charge is 0.408 e. The Morgan fingerprint density at radius 3 is 2.19 bits per heavy atom. The van der Waals surface area contributed by atoms with Crippen LogP contribution in [0.4, 0.5) is 4.79 Å². The van der Waals surface area contributed by atoms with Crippen molar-refractivity contribution in [1.82, 2.24) is 10.6 Å². The van der Waals surface area contributed by atoms with Crippen LogP contribution in [0.1, 0.15) is 73.1 Å². The lowest BCUT2D eigenvalue weighted by atomic mass is 10.0. The lowest BCUT2D eigenvalue weighted by Gasteiger charge is -2.20. The van der Waals surface area contributed by atoms with E-state index in [1.807, 2.05) is 7.05 Å². The zero-order valence-electron chi connectivity index (χ0n) is 17.5.